The van der Waals surface area contributed by atoms with Crippen molar-refractivity contribution in [1.29, 1.82) is 5.41 Å². The molecule has 0 unspecified atom stereocenters. The third-order valence-corrected chi connectivity index (χ3v) is 6.62. The van der Waals surface area contributed by atoms with Gasteiger partial charge in [0.25, 0.3) is 5.91 Å². The summed E-state index contributed by atoms with van der Waals surface area (Å²) >= 11 is 2.76. The van der Waals surface area contributed by atoms with Gasteiger partial charge in [0.05, 0.1) is 19.3 Å². The van der Waals surface area contributed by atoms with Gasteiger partial charge in [-0.2, -0.15) is 10.0 Å². The average Bonchev–Trinajstić information content (AvgIpc) is 3.27. The third-order valence-electron chi connectivity index (χ3n) is 4.61. The summed E-state index contributed by atoms with van der Waals surface area (Å²) in [6.07, 6.45) is 3.24. The Labute approximate surface area is 205 Å². The molecule has 1 amide bonds. The minimum atomic E-state index is -0.483. The fraction of sp³-hybridized carbons (Fsp3) is 0.167. The highest BCUT2D eigenvalue weighted by Crippen LogP contribution is 2.33. The van der Waals surface area contributed by atoms with E-state index in [2.05, 4.69) is 16.7 Å². The molecule has 0 radical (unpaired) electrons. The van der Waals surface area contributed by atoms with Crippen molar-refractivity contribution in [2.24, 2.45) is 10.1 Å². The second-order valence-corrected chi connectivity index (χ2v) is 9.20. The van der Waals surface area contributed by atoms with Gasteiger partial charge in [-0.25, -0.2) is 0 Å². The second kappa shape index (κ2) is 11.1. The number of benzene rings is 2. The van der Waals surface area contributed by atoms with Gasteiger partial charge < -0.3 is 14.2 Å². The van der Waals surface area contributed by atoms with Gasteiger partial charge >= 0.3 is 0 Å². The summed E-state index contributed by atoms with van der Waals surface area (Å²) in [5.74, 6) is 2.05. The second-order valence-electron chi connectivity index (χ2n) is 6.91. The normalized spacial score (nSPS) is 16.1. The minimum absolute atomic E-state index is 0.0235. The number of amides is 1. The number of methoxy groups -OCH3 is 1. The average molecular weight is 495 g/mol. The molecule has 34 heavy (non-hydrogen) atoms. The first-order valence-electron chi connectivity index (χ1n) is 10.3. The number of hydrogen-bond donors (Lipinski definition) is 1. The maximum Gasteiger partial charge on any atom is 0.283 e. The topological polar surface area (TPSA) is 96.6 Å². The van der Waals surface area contributed by atoms with Crippen molar-refractivity contribution in [1.82, 2.24) is 5.01 Å². The molecule has 10 heteroatoms. The van der Waals surface area contributed by atoms with E-state index in [1.165, 1.54) is 35.6 Å². The zero-order chi connectivity index (χ0) is 23.9. The Morgan fingerprint density at radius 3 is 2.76 bits per heavy atom. The molecular weight excluding hydrogens is 472 g/mol. The molecule has 0 saturated carbocycles. The van der Waals surface area contributed by atoms with E-state index in [-0.39, 0.29) is 11.4 Å². The lowest BCUT2D eigenvalue weighted by Gasteiger charge is -2.20. The zero-order valence-electron chi connectivity index (χ0n) is 18.4. The number of hydrogen-bond acceptors (Lipinski definition) is 8. The highest BCUT2D eigenvalue weighted by atomic mass is 32.2. The van der Waals surface area contributed by atoms with Gasteiger partial charge in [0.1, 0.15) is 12.4 Å². The zero-order valence-corrected chi connectivity index (χ0v) is 20.0. The van der Waals surface area contributed by atoms with Crippen LogP contribution < -0.4 is 14.2 Å². The maximum atomic E-state index is 12.7. The summed E-state index contributed by atoms with van der Waals surface area (Å²) in [6, 6.07) is 14.8. The lowest BCUT2D eigenvalue weighted by atomic mass is 10.1. The van der Waals surface area contributed by atoms with Crippen LogP contribution in [0.5, 0.6) is 17.2 Å². The number of ether oxygens (including phenoxy) is 3. The number of para-hydroxylation sites is 1. The molecule has 0 aliphatic carbocycles. The number of hydrazone groups is 1. The summed E-state index contributed by atoms with van der Waals surface area (Å²) in [4.78, 5) is 16.8. The number of fused-ring (bicyclic) bond motifs is 1. The number of aliphatic imine (C=N–C) groups is 1. The number of amidine groups is 2. The fourth-order valence-corrected chi connectivity index (χ4v) is 4.86. The van der Waals surface area contributed by atoms with E-state index in [0.29, 0.717) is 45.6 Å². The van der Waals surface area contributed by atoms with Gasteiger partial charge in [-0.05, 0) is 47.7 Å². The van der Waals surface area contributed by atoms with Crippen LogP contribution in [0.4, 0.5) is 0 Å². The third kappa shape index (κ3) is 5.52. The number of nitrogens with one attached hydrogen (secondary N) is 1. The molecule has 2 aromatic carbocycles. The molecule has 0 saturated heterocycles. The number of nitrogens with zero attached hydrogens (tertiary/aromatic N) is 3. The Hall–Kier alpha value is -3.50. The molecule has 8 nitrogen and oxygen atoms in total. The van der Waals surface area contributed by atoms with Crippen molar-refractivity contribution < 1.29 is 19.0 Å². The largest absolute Gasteiger partial charge is 0.493 e. The lowest BCUT2D eigenvalue weighted by Crippen LogP contribution is -2.35. The Balaban J connectivity index is 1.43. The van der Waals surface area contributed by atoms with Crippen LogP contribution in [0.25, 0.3) is 6.08 Å². The van der Waals surface area contributed by atoms with Crippen LogP contribution in [0.15, 0.2) is 76.9 Å². The molecule has 4 rings (SSSR count). The molecule has 2 aromatic rings. The van der Waals surface area contributed by atoms with Crippen LogP contribution in [0.3, 0.4) is 0 Å². The first kappa shape index (κ1) is 23.7. The van der Waals surface area contributed by atoms with Crippen molar-refractivity contribution in [3.8, 4) is 17.2 Å². The van der Waals surface area contributed by atoms with Crippen molar-refractivity contribution in [3.05, 3.63) is 72.3 Å². The van der Waals surface area contributed by atoms with Crippen LogP contribution in [0.1, 0.15) is 5.56 Å². The van der Waals surface area contributed by atoms with Crippen molar-refractivity contribution in [2.45, 2.75) is 0 Å². The Kier molecular flexibility index (Phi) is 7.71. The fourth-order valence-electron chi connectivity index (χ4n) is 3.05. The van der Waals surface area contributed by atoms with E-state index in [4.69, 9.17) is 19.6 Å². The van der Waals surface area contributed by atoms with Crippen LogP contribution in [0, 0.1) is 5.41 Å². The number of carbonyl (C=O) groups is 1. The van der Waals surface area contributed by atoms with E-state index in [1.54, 1.807) is 30.4 Å². The smallest absolute Gasteiger partial charge is 0.283 e. The van der Waals surface area contributed by atoms with Crippen molar-refractivity contribution >= 4 is 50.9 Å². The molecular formula is C24H22N4O4S2. The van der Waals surface area contributed by atoms with E-state index in [9.17, 15) is 4.79 Å². The highest BCUT2D eigenvalue weighted by Gasteiger charge is 2.35. The molecule has 174 valence electrons. The van der Waals surface area contributed by atoms with Gasteiger partial charge in [-0.1, -0.05) is 48.7 Å². The van der Waals surface area contributed by atoms with Gasteiger partial charge in [-0.3, -0.25) is 10.2 Å². The summed E-state index contributed by atoms with van der Waals surface area (Å²) in [7, 11) is 1.54. The van der Waals surface area contributed by atoms with Crippen LogP contribution >= 0.6 is 23.5 Å². The molecule has 2 aliphatic heterocycles. The Morgan fingerprint density at radius 1 is 1.18 bits per heavy atom. The summed E-state index contributed by atoms with van der Waals surface area (Å²) in [5.41, 5.74) is 0.826. The van der Waals surface area contributed by atoms with E-state index in [0.717, 1.165) is 5.75 Å². The Morgan fingerprint density at radius 2 is 2.00 bits per heavy atom. The lowest BCUT2D eigenvalue weighted by molar-refractivity contribution is -0.114. The highest BCUT2D eigenvalue weighted by molar-refractivity contribution is 8.45. The predicted molar refractivity (Wildman–Crippen MR) is 138 cm³/mol. The van der Waals surface area contributed by atoms with E-state index in [1.807, 2.05) is 30.3 Å². The standard InChI is InChI=1S/C24H22N4O4S2/c1-3-11-32-19-10-9-16(15-20(19)30-2)14-18-21(25)28-23(26-22(18)29)34-24(27-28)33-13-12-31-17-7-5-4-6-8-17/h3-10,14-15,25H,1,11-13H2,2H3/b18-14-,25-21?. The minimum Gasteiger partial charge on any atom is -0.493 e. The van der Waals surface area contributed by atoms with Gasteiger partial charge in [-0.15, -0.1) is 5.10 Å². The summed E-state index contributed by atoms with van der Waals surface area (Å²) in [5, 5.41) is 14.8. The SMILES string of the molecule is C=CCOc1ccc(/C=C2/C(=N)N3N=C(SCCOc4ccccc4)SC3=NC2=O)cc1OC. The van der Waals surface area contributed by atoms with Crippen molar-refractivity contribution in [2.75, 3.05) is 26.1 Å². The van der Waals surface area contributed by atoms with E-state index >= 15 is 0 Å². The molecule has 0 aromatic heterocycles. The molecule has 0 fully saturated rings. The Bertz CT molecular complexity index is 1190. The summed E-state index contributed by atoms with van der Waals surface area (Å²) < 4.78 is 17.3. The van der Waals surface area contributed by atoms with Gasteiger partial charge in [0.15, 0.2) is 21.7 Å². The first-order valence-corrected chi connectivity index (χ1v) is 12.1. The first-order chi connectivity index (χ1) is 16.6. The maximum absolute atomic E-state index is 12.7. The molecule has 2 aliphatic rings. The number of carbonyl (C=O) groups excluding carboxylic acids is 1. The van der Waals surface area contributed by atoms with Gasteiger partial charge in [0.2, 0.25) is 5.17 Å². The quantitative estimate of drug-likeness (QED) is 0.308. The molecule has 0 spiro atoms. The number of thioether (sulfide) groups is 2. The molecule has 0 atom stereocenters. The molecule has 0 bridgehead atoms. The molecule has 2 heterocycles. The molecule has 1 N–H and O–H groups in total. The van der Waals surface area contributed by atoms with E-state index < -0.39 is 5.91 Å². The summed E-state index contributed by atoms with van der Waals surface area (Å²) in [6.45, 7) is 4.49. The number of rotatable bonds is 9. The van der Waals surface area contributed by atoms with Crippen molar-refractivity contribution in [3.63, 3.8) is 0 Å². The predicted octanol–water partition coefficient (Wildman–Crippen LogP) is 4.65. The van der Waals surface area contributed by atoms with Gasteiger partial charge in [0, 0.05) is 5.75 Å². The monoisotopic (exact) mass is 494 g/mol. The van der Waals surface area contributed by atoms with Crippen LogP contribution in [-0.2, 0) is 4.79 Å². The van der Waals surface area contributed by atoms with Crippen LogP contribution in [-0.4, -0.2) is 52.4 Å². The van der Waals surface area contributed by atoms with Crippen LogP contribution in [0.2, 0.25) is 0 Å².